The Bertz CT molecular complexity index is 855. The summed E-state index contributed by atoms with van der Waals surface area (Å²) in [5.74, 6) is -0.853. The zero-order chi connectivity index (χ0) is 20.3. The highest BCUT2D eigenvalue weighted by molar-refractivity contribution is 6.21. The van der Waals surface area contributed by atoms with Crippen LogP contribution >= 0.6 is 0 Å². The summed E-state index contributed by atoms with van der Waals surface area (Å²) in [7, 11) is 3.94. The van der Waals surface area contributed by atoms with E-state index >= 15 is 0 Å². The predicted octanol–water partition coefficient (Wildman–Crippen LogP) is 2.40. The number of hydrogen-bond donors (Lipinski definition) is 1. The van der Waals surface area contributed by atoms with E-state index in [9.17, 15) is 14.4 Å². The maximum absolute atomic E-state index is 12.4. The first-order valence-electron chi connectivity index (χ1n) is 9.33. The van der Waals surface area contributed by atoms with Gasteiger partial charge < -0.3 is 10.2 Å². The number of nitrogens with one attached hydrogen (secondary N) is 1. The average Bonchev–Trinajstić information content (AvgIpc) is 2.92. The van der Waals surface area contributed by atoms with Crippen molar-refractivity contribution in [2.24, 2.45) is 0 Å². The molecule has 6 heteroatoms. The molecule has 1 aliphatic rings. The number of carbonyl (C=O) groups is 3. The summed E-state index contributed by atoms with van der Waals surface area (Å²) in [6.45, 7) is 2.57. The normalized spacial score (nSPS) is 14.4. The van der Waals surface area contributed by atoms with Crippen LogP contribution in [0, 0.1) is 6.92 Å². The molecule has 1 aliphatic heterocycles. The molecule has 0 spiro atoms. The number of likely N-dealkylation sites (N-methyl/N-ethyl adjacent to an activating group) is 1. The van der Waals surface area contributed by atoms with Gasteiger partial charge in [0.05, 0.1) is 17.2 Å². The third kappa shape index (κ3) is 4.12. The van der Waals surface area contributed by atoms with Gasteiger partial charge in [0.25, 0.3) is 11.8 Å². The van der Waals surface area contributed by atoms with Gasteiger partial charge in [0.1, 0.15) is 0 Å². The molecule has 1 atom stereocenters. The predicted molar refractivity (Wildman–Crippen MR) is 107 cm³/mol. The fourth-order valence-electron chi connectivity index (χ4n) is 3.34. The van der Waals surface area contributed by atoms with Crippen molar-refractivity contribution in [3.05, 3.63) is 70.8 Å². The third-order valence-corrected chi connectivity index (χ3v) is 5.02. The Morgan fingerprint density at radius 1 is 1.00 bits per heavy atom. The number of carbonyl (C=O) groups excluding carboxylic acids is 3. The molecule has 2 aromatic rings. The lowest BCUT2D eigenvalue weighted by atomic mass is 10.0. The molecule has 0 unspecified atom stereocenters. The summed E-state index contributed by atoms with van der Waals surface area (Å²) in [4.78, 5) is 40.2. The number of hydrogen-bond acceptors (Lipinski definition) is 4. The van der Waals surface area contributed by atoms with Gasteiger partial charge >= 0.3 is 0 Å². The van der Waals surface area contributed by atoms with Gasteiger partial charge in [-0.15, -0.1) is 0 Å². The van der Waals surface area contributed by atoms with E-state index in [4.69, 9.17) is 0 Å². The molecule has 28 heavy (non-hydrogen) atoms. The lowest BCUT2D eigenvalue weighted by molar-refractivity contribution is -0.121. The van der Waals surface area contributed by atoms with Gasteiger partial charge in [0.15, 0.2) is 0 Å². The zero-order valence-electron chi connectivity index (χ0n) is 16.4. The van der Waals surface area contributed by atoms with E-state index in [0.29, 0.717) is 17.7 Å². The molecule has 3 amide bonds. The van der Waals surface area contributed by atoms with Crippen molar-refractivity contribution in [2.75, 3.05) is 27.2 Å². The lowest BCUT2D eigenvalue weighted by Crippen LogP contribution is -2.37. The fraction of sp³-hybridized carbons (Fsp3) is 0.318. The maximum atomic E-state index is 12.4. The Kier molecular flexibility index (Phi) is 5.90. The standard InChI is InChI=1S/C22H25N3O3/c1-15-8-10-16(11-9-15)19(24(2)3)14-23-20(26)12-13-25-21(27)17-6-4-5-7-18(17)22(25)28/h4-11,19H,12-14H2,1-3H3,(H,23,26)/t19-/m0/s1. The SMILES string of the molecule is Cc1ccc([C@H](CNC(=O)CCN2C(=O)c3ccccc3C2=O)N(C)C)cc1. The monoisotopic (exact) mass is 379 g/mol. The number of imide groups is 1. The Morgan fingerprint density at radius 3 is 2.11 bits per heavy atom. The van der Waals surface area contributed by atoms with E-state index in [2.05, 4.69) is 34.5 Å². The number of nitrogens with zero attached hydrogens (tertiary/aromatic N) is 2. The molecule has 0 bridgehead atoms. The second-order valence-electron chi connectivity index (χ2n) is 7.25. The van der Waals surface area contributed by atoms with Gasteiger partial charge in [-0.1, -0.05) is 42.0 Å². The Morgan fingerprint density at radius 2 is 1.57 bits per heavy atom. The van der Waals surface area contributed by atoms with Gasteiger partial charge in [-0.2, -0.15) is 0 Å². The van der Waals surface area contributed by atoms with Crippen LogP contribution in [-0.2, 0) is 4.79 Å². The number of rotatable bonds is 7. The van der Waals surface area contributed by atoms with Crippen molar-refractivity contribution in [1.82, 2.24) is 15.1 Å². The van der Waals surface area contributed by atoms with E-state index in [1.54, 1.807) is 24.3 Å². The van der Waals surface area contributed by atoms with E-state index in [0.717, 1.165) is 10.5 Å². The molecule has 0 fully saturated rings. The van der Waals surface area contributed by atoms with Crippen LogP contribution in [0.3, 0.4) is 0 Å². The first-order valence-corrected chi connectivity index (χ1v) is 9.33. The Labute approximate surface area is 165 Å². The van der Waals surface area contributed by atoms with Crippen molar-refractivity contribution in [1.29, 1.82) is 0 Å². The molecule has 1 N–H and O–H groups in total. The third-order valence-electron chi connectivity index (χ3n) is 5.02. The molecule has 1 heterocycles. The Hall–Kier alpha value is -2.99. The smallest absolute Gasteiger partial charge is 0.261 e. The molecular weight excluding hydrogens is 354 g/mol. The summed E-state index contributed by atoms with van der Waals surface area (Å²) in [5.41, 5.74) is 3.11. The minimum Gasteiger partial charge on any atom is -0.354 e. The molecule has 146 valence electrons. The van der Waals surface area contributed by atoms with Crippen molar-refractivity contribution >= 4 is 17.7 Å². The van der Waals surface area contributed by atoms with Crippen molar-refractivity contribution in [3.63, 3.8) is 0 Å². The van der Waals surface area contributed by atoms with Gasteiger partial charge in [-0.3, -0.25) is 19.3 Å². The molecule has 2 aromatic carbocycles. The number of amides is 3. The highest BCUT2D eigenvalue weighted by atomic mass is 16.2. The second-order valence-corrected chi connectivity index (χ2v) is 7.25. The number of fused-ring (bicyclic) bond motifs is 1. The number of benzene rings is 2. The summed E-state index contributed by atoms with van der Waals surface area (Å²) in [5, 5.41) is 2.92. The lowest BCUT2D eigenvalue weighted by Gasteiger charge is -2.25. The minimum absolute atomic E-state index is 0.0452. The van der Waals surface area contributed by atoms with Gasteiger partial charge in [0.2, 0.25) is 5.91 Å². The summed E-state index contributed by atoms with van der Waals surface area (Å²) >= 11 is 0. The van der Waals surface area contributed by atoms with Crippen LogP contribution in [0.5, 0.6) is 0 Å². The van der Waals surface area contributed by atoms with Gasteiger partial charge in [-0.25, -0.2) is 0 Å². The van der Waals surface area contributed by atoms with Crippen LogP contribution in [-0.4, -0.2) is 54.7 Å². The molecule has 3 rings (SSSR count). The average molecular weight is 379 g/mol. The van der Waals surface area contributed by atoms with Gasteiger partial charge in [0, 0.05) is 19.5 Å². The first kappa shape index (κ1) is 19.8. The summed E-state index contributed by atoms with van der Waals surface area (Å²) in [6.07, 6.45) is 0.0829. The van der Waals surface area contributed by atoms with Gasteiger partial charge in [-0.05, 0) is 38.7 Å². The Balaban J connectivity index is 1.55. The van der Waals surface area contributed by atoms with Crippen molar-refractivity contribution < 1.29 is 14.4 Å². The topological polar surface area (TPSA) is 69.7 Å². The van der Waals surface area contributed by atoms with Crippen LogP contribution < -0.4 is 5.32 Å². The van der Waals surface area contributed by atoms with E-state index < -0.39 is 0 Å². The van der Waals surface area contributed by atoms with Crippen molar-refractivity contribution in [2.45, 2.75) is 19.4 Å². The molecule has 0 saturated carbocycles. The van der Waals surface area contributed by atoms with Crippen LogP contribution in [0.4, 0.5) is 0 Å². The summed E-state index contributed by atoms with van der Waals surface area (Å²) < 4.78 is 0. The van der Waals surface area contributed by atoms with Crippen molar-refractivity contribution in [3.8, 4) is 0 Å². The summed E-state index contributed by atoms with van der Waals surface area (Å²) in [6, 6.07) is 15.0. The fourth-order valence-corrected chi connectivity index (χ4v) is 3.34. The second kappa shape index (κ2) is 8.35. The molecule has 0 saturated heterocycles. The zero-order valence-corrected chi connectivity index (χ0v) is 16.4. The quantitative estimate of drug-likeness (QED) is 0.750. The molecule has 0 radical (unpaired) electrons. The van der Waals surface area contributed by atoms with Crippen LogP contribution in [0.15, 0.2) is 48.5 Å². The molecule has 0 aliphatic carbocycles. The van der Waals surface area contributed by atoms with Crippen LogP contribution in [0.2, 0.25) is 0 Å². The van der Waals surface area contributed by atoms with E-state index in [1.165, 1.54) is 5.56 Å². The minimum atomic E-state index is -0.334. The molecule has 0 aromatic heterocycles. The highest BCUT2D eigenvalue weighted by Crippen LogP contribution is 2.22. The largest absolute Gasteiger partial charge is 0.354 e. The molecule has 6 nitrogen and oxygen atoms in total. The first-order chi connectivity index (χ1) is 13.4. The maximum Gasteiger partial charge on any atom is 0.261 e. The number of aryl methyl sites for hydroxylation is 1. The van der Waals surface area contributed by atoms with Crippen LogP contribution in [0.25, 0.3) is 0 Å². The van der Waals surface area contributed by atoms with E-state index in [1.807, 2.05) is 21.0 Å². The molecular formula is C22H25N3O3. The van der Waals surface area contributed by atoms with Crippen LogP contribution in [0.1, 0.15) is 44.3 Å². The highest BCUT2D eigenvalue weighted by Gasteiger charge is 2.34. The van der Waals surface area contributed by atoms with E-state index in [-0.39, 0.29) is 36.7 Å².